The van der Waals surface area contributed by atoms with Gasteiger partial charge < -0.3 is 5.11 Å². The van der Waals surface area contributed by atoms with Gasteiger partial charge >= 0.3 is 6.09 Å². The van der Waals surface area contributed by atoms with Gasteiger partial charge in [-0.15, -0.1) is 0 Å². The highest BCUT2D eigenvalue weighted by Crippen LogP contribution is 2.04. The molecule has 0 saturated carbocycles. The van der Waals surface area contributed by atoms with Gasteiger partial charge in [0.1, 0.15) is 9.77 Å². The number of hydrogen-bond donors (Lipinski definition) is 1. The number of rotatable bonds is 0. The van der Waals surface area contributed by atoms with Crippen LogP contribution in [0.3, 0.4) is 0 Å². The van der Waals surface area contributed by atoms with Gasteiger partial charge in [-0.25, -0.2) is 14.3 Å². The molecule has 0 aromatic carbocycles. The molecule has 0 aliphatic carbocycles. The first-order chi connectivity index (χ1) is 5.15. The number of halogens is 1. The molecule has 5 nitrogen and oxygen atoms in total. The Morgan fingerprint density at radius 2 is 2.55 bits per heavy atom. The van der Waals surface area contributed by atoms with Gasteiger partial charge in [0.2, 0.25) is 5.82 Å². The van der Waals surface area contributed by atoms with Gasteiger partial charge in [-0.1, -0.05) is 0 Å². The van der Waals surface area contributed by atoms with Gasteiger partial charge in [-0.05, 0) is 22.6 Å². The summed E-state index contributed by atoms with van der Waals surface area (Å²) < 4.78 is 1.27. The molecule has 0 spiro atoms. The summed E-state index contributed by atoms with van der Waals surface area (Å²) in [6.07, 6.45) is 0.0820. The highest BCUT2D eigenvalue weighted by molar-refractivity contribution is 14.1. The summed E-state index contributed by atoms with van der Waals surface area (Å²) in [5, 5.41) is 16.9. The van der Waals surface area contributed by atoms with Gasteiger partial charge in [0.05, 0.1) is 0 Å². The average molecular weight is 263 g/mol. The minimum absolute atomic E-state index is 0.109. The van der Waals surface area contributed by atoms with Crippen molar-refractivity contribution in [2.45, 2.75) is 0 Å². The molecule has 0 aliphatic heterocycles. The molecule has 11 heavy (non-hydrogen) atoms. The molecule has 0 fully saturated rings. The van der Waals surface area contributed by atoms with Crippen LogP contribution in [-0.4, -0.2) is 20.8 Å². The summed E-state index contributed by atoms with van der Waals surface area (Å²) >= 11 is 1.84. The summed E-state index contributed by atoms with van der Waals surface area (Å²) in [5.74, 6) is -0.109. The van der Waals surface area contributed by atoms with Crippen LogP contribution in [0.5, 0.6) is 0 Å². The normalized spacial score (nSPS) is 9.09. The summed E-state index contributed by atoms with van der Waals surface area (Å²) in [6.45, 7) is 0. The topological polar surface area (TPSA) is 78.9 Å². The maximum Gasteiger partial charge on any atom is 0.417 e. The van der Waals surface area contributed by atoms with Crippen LogP contribution in [0.15, 0.2) is 6.20 Å². The lowest BCUT2D eigenvalue weighted by Gasteiger charge is -1.90. The van der Waals surface area contributed by atoms with Gasteiger partial charge in [-0.3, -0.25) is 0 Å². The predicted octanol–water partition coefficient (Wildman–Crippen LogP) is 0.885. The summed E-state index contributed by atoms with van der Waals surface area (Å²) in [7, 11) is 0. The van der Waals surface area contributed by atoms with Crippen molar-refractivity contribution in [2.24, 2.45) is 0 Å². The fourth-order valence-electron chi connectivity index (χ4n) is 0.576. The molecule has 0 saturated heterocycles. The number of imidazole rings is 1. The molecule has 56 valence electrons. The molecule has 0 atom stereocenters. The molecular weight excluding hydrogens is 261 g/mol. The fourth-order valence-corrected chi connectivity index (χ4v) is 1.08. The second-order valence-corrected chi connectivity index (χ2v) is 2.76. The van der Waals surface area contributed by atoms with Crippen molar-refractivity contribution in [3.63, 3.8) is 0 Å². The van der Waals surface area contributed by atoms with Crippen molar-refractivity contribution < 1.29 is 9.90 Å². The molecule has 0 bridgehead atoms. The monoisotopic (exact) mass is 263 g/mol. The average Bonchev–Trinajstić information content (AvgIpc) is 2.30. The Labute approximate surface area is 75.4 Å². The SMILES string of the molecule is N#Cc1nc(I)cn1C(=O)O. The zero-order valence-electron chi connectivity index (χ0n) is 5.15. The molecule has 0 aliphatic rings. The van der Waals surface area contributed by atoms with Crippen molar-refractivity contribution in [1.29, 1.82) is 5.26 Å². The van der Waals surface area contributed by atoms with Crippen LogP contribution in [0.1, 0.15) is 5.82 Å². The third-order valence-corrected chi connectivity index (χ3v) is 1.50. The second-order valence-electron chi connectivity index (χ2n) is 1.65. The minimum atomic E-state index is -1.20. The van der Waals surface area contributed by atoms with Crippen molar-refractivity contribution in [3.8, 4) is 6.07 Å². The van der Waals surface area contributed by atoms with Crippen LogP contribution < -0.4 is 0 Å². The van der Waals surface area contributed by atoms with Crippen molar-refractivity contribution in [2.75, 3.05) is 0 Å². The Bertz CT molecular complexity index is 338. The lowest BCUT2D eigenvalue weighted by Crippen LogP contribution is -2.08. The van der Waals surface area contributed by atoms with Crippen LogP contribution in [0.25, 0.3) is 0 Å². The van der Waals surface area contributed by atoms with E-state index >= 15 is 0 Å². The van der Waals surface area contributed by atoms with E-state index < -0.39 is 6.09 Å². The second kappa shape index (κ2) is 2.87. The quantitative estimate of drug-likeness (QED) is 0.705. The largest absolute Gasteiger partial charge is 0.464 e. The summed E-state index contributed by atoms with van der Waals surface area (Å²) in [4.78, 5) is 14.0. The molecule has 1 heterocycles. The molecule has 0 radical (unpaired) electrons. The first-order valence-electron chi connectivity index (χ1n) is 2.53. The van der Waals surface area contributed by atoms with Crippen LogP contribution in [0.4, 0.5) is 4.79 Å². The molecule has 1 rings (SSSR count). The molecule has 0 unspecified atom stereocenters. The van der Waals surface area contributed by atoms with E-state index in [9.17, 15) is 4.79 Å². The Kier molecular flexibility index (Phi) is 2.09. The molecule has 1 N–H and O–H groups in total. The van der Waals surface area contributed by atoms with Crippen LogP contribution in [0, 0.1) is 15.0 Å². The van der Waals surface area contributed by atoms with E-state index in [2.05, 4.69) is 4.98 Å². The number of nitriles is 1. The Balaban J connectivity index is 3.26. The van der Waals surface area contributed by atoms with Crippen molar-refractivity contribution >= 4 is 28.7 Å². The highest BCUT2D eigenvalue weighted by atomic mass is 127. The van der Waals surface area contributed by atoms with Gasteiger partial charge in [0, 0.05) is 6.20 Å². The first-order valence-corrected chi connectivity index (χ1v) is 3.61. The van der Waals surface area contributed by atoms with E-state index in [1.165, 1.54) is 6.20 Å². The molecule has 6 heteroatoms. The summed E-state index contributed by atoms with van der Waals surface area (Å²) in [5.41, 5.74) is 0. The maximum absolute atomic E-state index is 10.4. The van der Waals surface area contributed by atoms with Gasteiger partial charge in [0.15, 0.2) is 0 Å². The van der Waals surface area contributed by atoms with E-state index in [-0.39, 0.29) is 5.82 Å². The Morgan fingerprint density at radius 3 is 2.91 bits per heavy atom. The zero-order valence-corrected chi connectivity index (χ0v) is 7.31. The number of nitrogens with zero attached hydrogens (tertiary/aromatic N) is 3. The van der Waals surface area contributed by atoms with Crippen LogP contribution in [-0.2, 0) is 0 Å². The fraction of sp³-hybridized carbons (Fsp3) is 0. The third-order valence-electron chi connectivity index (χ3n) is 0.983. The van der Waals surface area contributed by atoms with Gasteiger partial charge in [-0.2, -0.15) is 5.26 Å². The number of carboxylic acid groups (broad SMARTS) is 1. The number of aromatic nitrogens is 2. The van der Waals surface area contributed by atoms with E-state index in [4.69, 9.17) is 10.4 Å². The highest BCUT2D eigenvalue weighted by Gasteiger charge is 2.09. The summed E-state index contributed by atoms with van der Waals surface area (Å²) in [6, 6.07) is 1.66. The van der Waals surface area contributed by atoms with Crippen LogP contribution >= 0.6 is 22.6 Å². The van der Waals surface area contributed by atoms with E-state index in [1.54, 1.807) is 6.07 Å². The third kappa shape index (κ3) is 1.48. The Hall–Kier alpha value is -1.10. The molecule has 1 aromatic heterocycles. The lowest BCUT2D eigenvalue weighted by molar-refractivity contribution is 0.196. The first kappa shape index (κ1) is 8.00. The van der Waals surface area contributed by atoms with E-state index in [0.29, 0.717) is 3.70 Å². The molecule has 0 amide bonds. The Morgan fingerprint density at radius 1 is 1.91 bits per heavy atom. The van der Waals surface area contributed by atoms with Crippen molar-refractivity contribution in [1.82, 2.24) is 9.55 Å². The number of carbonyl (C=O) groups is 1. The smallest absolute Gasteiger partial charge is 0.417 e. The van der Waals surface area contributed by atoms with E-state index in [0.717, 1.165) is 4.57 Å². The lowest BCUT2D eigenvalue weighted by atomic mass is 10.7. The molecule has 1 aromatic rings. The van der Waals surface area contributed by atoms with Crippen LogP contribution in [0.2, 0.25) is 0 Å². The van der Waals surface area contributed by atoms with Crippen molar-refractivity contribution in [3.05, 3.63) is 15.7 Å². The standard InChI is InChI=1S/C5H2IN3O2/c6-3-2-9(5(10)11)4(1-7)8-3/h2H,(H,10,11). The predicted molar refractivity (Wildman–Crippen MR) is 43.1 cm³/mol. The van der Waals surface area contributed by atoms with E-state index in [1.807, 2.05) is 22.6 Å². The molecular formula is C5H2IN3O2. The van der Waals surface area contributed by atoms with Gasteiger partial charge in [0.25, 0.3) is 0 Å². The minimum Gasteiger partial charge on any atom is -0.464 e. The maximum atomic E-state index is 10.4. The zero-order chi connectivity index (χ0) is 8.43. The number of hydrogen-bond acceptors (Lipinski definition) is 3.